The first kappa shape index (κ1) is 16.6. The molecule has 0 spiro atoms. The van der Waals surface area contributed by atoms with Crippen LogP contribution in [0, 0.1) is 0 Å². The summed E-state index contributed by atoms with van der Waals surface area (Å²) in [6, 6.07) is 3.23. The zero-order valence-electron chi connectivity index (χ0n) is 12.7. The van der Waals surface area contributed by atoms with Crippen LogP contribution in [-0.4, -0.2) is 40.2 Å². The molecule has 0 bridgehead atoms. The third-order valence-corrected chi connectivity index (χ3v) is 2.82. The Balaban J connectivity index is 3.46. The van der Waals surface area contributed by atoms with Crippen LogP contribution in [0.4, 0.5) is 0 Å². The molecule has 0 atom stereocenters. The van der Waals surface area contributed by atoms with Gasteiger partial charge in [0.1, 0.15) is 11.3 Å². The number of ether oxygens (including phenoxy) is 4. The van der Waals surface area contributed by atoms with Gasteiger partial charge in [-0.2, -0.15) is 0 Å². The number of methoxy groups -OCH3 is 4. The summed E-state index contributed by atoms with van der Waals surface area (Å²) in [5.74, 6) is 0.264. The van der Waals surface area contributed by atoms with Crippen molar-refractivity contribution in [1.82, 2.24) is 0 Å². The monoisotopic (exact) mass is 294 g/mol. The Morgan fingerprint density at radius 3 is 1.86 bits per heavy atom. The summed E-state index contributed by atoms with van der Waals surface area (Å²) >= 11 is 0. The molecule has 114 valence electrons. The Hall–Kier alpha value is -2.50. The number of benzene rings is 1. The van der Waals surface area contributed by atoms with Crippen LogP contribution in [0.2, 0.25) is 0 Å². The van der Waals surface area contributed by atoms with E-state index in [9.17, 15) is 9.59 Å². The molecule has 0 aliphatic carbocycles. The third kappa shape index (κ3) is 3.75. The fourth-order valence-electron chi connectivity index (χ4n) is 1.74. The molecule has 0 unspecified atom stereocenters. The second-order valence-electron chi connectivity index (χ2n) is 4.05. The first-order chi connectivity index (χ1) is 9.98. The molecule has 0 saturated carbocycles. The van der Waals surface area contributed by atoms with Gasteiger partial charge in [0.25, 0.3) is 0 Å². The van der Waals surface area contributed by atoms with Crippen LogP contribution in [0.1, 0.15) is 12.5 Å². The maximum atomic E-state index is 11.6. The van der Waals surface area contributed by atoms with Gasteiger partial charge in [-0.05, 0) is 19.1 Å². The smallest absolute Gasteiger partial charge is 0.341 e. The summed E-state index contributed by atoms with van der Waals surface area (Å²) in [4.78, 5) is 23.2. The average Bonchev–Trinajstić information content (AvgIpc) is 2.50. The maximum Gasteiger partial charge on any atom is 0.341 e. The normalized spacial score (nSPS) is 10.8. The van der Waals surface area contributed by atoms with Gasteiger partial charge in [-0.25, -0.2) is 4.79 Å². The molecule has 0 radical (unpaired) electrons. The number of ketones is 1. The molecule has 1 aromatic carbocycles. The van der Waals surface area contributed by atoms with E-state index in [4.69, 9.17) is 14.2 Å². The second kappa shape index (κ2) is 7.33. The predicted molar refractivity (Wildman–Crippen MR) is 76.8 cm³/mol. The Morgan fingerprint density at radius 2 is 1.43 bits per heavy atom. The summed E-state index contributed by atoms with van der Waals surface area (Å²) in [5, 5.41) is 0. The SMILES string of the molecule is COC(=O)C(=Cc1cc(OC)c(OC)cc1OC)C(C)=O. The fourth-order valence-corrected chi connectivity index (χ4v) is 1.74. The molecule has 6 heteroatoms. The van der Waals surface area contributed by atoms with Crippen molar-refractivity contribution >= 4 is 17.8 Å². The molecule has 0 heterocycles. The van der Waals surface area contributed by atoms with Crippen molar-refractivity contribution in [3.05, 3.63) is 23.3 Å². The lowest BCUT2D eigenvalue weighted by Crippen LogP contribution is -2.11. The molecule has 0 aromatic heterocycles. The minimum Gasteiger partial charge on any atom is -0.496 e. The predicted octanol–water partition coefficient (Wildman–Crippen LogP) is 1.86. The van der Waals surface area contributed by atoms with Crippen molar-refractivity contribution in [1.29, 1.82) is 0 Å². The topological polar surface area (TPSA) is 71.1 Å². The molecule has 21 heavy (non-hydrogen) atoms. The number of rotatable bonds is 6. The Labute approximate surface area is 123 Å². The number of hydrogen-bond donors (Lipinski definition) is 0. The van der Waals surface area contributed by atoms with Crippen molar-refractivity contribution in [3.63, 3.8) is 0 Å². The third-order valence-electron chi connectivity index (χ3n) is 2.82. The van der Waals surface area contributed by atoms with Gasteiger partial charge in [0.15, 0.2) is 17.3 Å². The Bertz CT molecular complexity index is 574. The zero-order chi connectivity index (χ0) is 16.0. The molecular formula is C15H18O6. The lowest BCUT2D eigenvalue weighted by atomic mass is 10.1. The van der Waals surface area contributed by atoms with Crippen LogP contribution >= 0.6 is 0 Å². The summed E-state index contributed by atoms with van der Waals surface area (Å²) in [6.45, 7) is 1.29. The fraction of sp³-hybridized carbons (Fsp3) is 0.333. The highest BCUT2D eigenvalue weighted by atomic mass is 16.5. The molecule has 0 aliphatic heterocycles. The van der Waals surface area contributed by atoms with Crippen LogP contribution in [0.5, 0.6) is 17.2 Å². The minimum atomic E-state index is -0.709. The highest BCUT2D eigenvalue weighted by Gasteiger charge is 2.17. The van der Waals surface area contributed by atoms with Crippen molar-refractivity contribution in [2.24, 2.45) is 0 Å². The largest absolute Gasteiger partial charge is 0.496 e. The molecule has 0 amide bonds. The van der Waals surface area contributed by atoms with Gasteiger partial charge in [-0.15, -0.1) is 0 Å². The molecule has 1 rings (SSSR count). The van der Waals surface area contributed by atoms with Gasteiger partial charge in [-0.3, -0.25) is 4.79 Å². The van der Waals surface area contributed by atoms with E-state index in [0.29, 0.717) is 22.8 Å². The van der Waals surface area contributed by atoms with Crippen LogP contribution in [-0.2, 0) is 14.3 Å². The standard InChI is InChI=1S/C15H18O6/c1-9(16)11(15(17)21-5)6-10-7-13(19-3)14(20-4)8-12(10)18-2/h6-8H,1-5H3. The van der Waals surface area contributed by atoms with E-state index < -0.39 is 11.8 Å². The van der Waals surface area contributed by atoms with E-state index >= 15 is 0 Å². The molecule has 6 nitrogen and oxygen atoms in total. The van der Waals surface area contributed by atoms with E-state index in [1.54, 1.807) is 12.1 Å². The number of Topliss-reactive ketones (excluding diaryl/α,β-unsaturated/α-hetero) is 1. The first-order valence-electron chi connectivity index (χ1n) is 6.09. The second-order valence-corrected chi connectivity index (χ2v) is 4.05. The van der Waals surface area contributed by atoms with Crippen molar-refractivity contribution in [3.8, 4) is 17.2 Å². The van der Waals surface area contributed by atoms with E-state index in [0.717, 1.165) is 0 Å². The van der Waals surface area contributed by atoms with Gasteiger partial charge in [0.2, 0.25) is 0 Å². The van der Waals surface area contributed by atoms with E-state index in [1.807, 2.05) is 0 Å². The highest BCUT2D eigenvalue weighted by molar-refractivity contribution is 6.19. The minimum absolute atomic E-state index is 0.0805. The van der Waals surface area contributed by atoms with Gasteiger partial charge in [-0.1, -0.05) is 0 Å². The summed E-state index contributed by atoms with van der Waals surface area (Å²) in [6.07, 6.45) is 1.40. The maximum absolute atomic E-state index is 11.6. The van der Waals surface area contributed by atoms with Crippen LogP contribution in [0.15, 0.2) is 17.7 Å². The summed E-state index contributed by atoms with van der Waals surface area (Å²) in [5.41, 5.74) is 0.425. The van der Waals surface area contributed by atoms with Crippen molar-refractivity contribution in [2.75, 3.05) is 28.4 Å². The van der Waals surface area contributed by atoms with Crippen LogP contribution < -0.4 is 14.2 Å². The number of esters is 1. The number of carbonyl (C=O) groups is 2. The van der Waals surface area contributed by atoms with Crippen LogP contribution in [0.25, 0.3) is 6.08 Å². The van der Waals surface area contributed by atoms with E-state index in [1.165, 1.54) is 41.4 Å². The number of hydrogen-bond acceptors (Lipinski definition) is 6. The quantitative estimate of drug-likeness (QED) is 0.345. The molecule has 0 N–H and O–H groups in total. The van der Waals surface area contributed by atoms with E-state index in [2.05, 4.69) is 4.74 Å². The zero-order valence-corrected chi connectivity index (χ0v) is 12.7. The van der Waals surface area contributed by atoms with Crippen molar-refractivity contribution in [2.45, 2.75) is 6.92 Å². The van der Waals surface area contributed by atoms with Gasteiger partial charge in [0, 0.05) is 11.6 Å². The summed E-state index contributed by atoms with van der Waals surface area (Å²) < 4.78 is 20.2. The van der Waals surface area contributed by atoms with Crippen LogP contribution in [0.3, 0.4) is 0 Å². The molecular weight excluding hydrogens is 276 g/mol. The Morgan fingerprint density at radius 1 is 0.905 bits per heavy atom. The average molecular weight is 294 g/mol. The lowest BCUT2D eigenvalue weighted by molar-refractivity contribution is -0.137. The van der Waals surface area contributed by atoms with Gasteiger partial charge < -0.3 is 18.9 Å². The van der Waals surface area contributed by atoms with Gasteiger partial charge in [0.05, 0.1) is 28.4 Å². The van der Waals surface area contributed by atoms with E-state index in [-0.39, 0.29) is 5.57 Å². The lowest BCUT2D eigenvalue weighted by Gasteiger charge is -2.12. The number of carbonyl (C=O) groups excluding carboxylic acids is 2. The Kier molecular flexibility index (Phi) is 5.78. The molecule has 0 fully saturated rings. The highest BCUT2D eigenvalue weighted by Crippen LogP contribution is 2.35. The molecule has 0 saturated heterocycles. The summed E-state index contributed by atoms with van der Waals surface area (Å²) in [7, 11) is 5.68. The van der Waals surface area contributed by atoms with Crippen molar-refractivity contribution < 1.29 is 28.5 Å². The molecule has 0 aliphatic rings. The molecule has 1 aromatic rings. The van der Waals surface area contributed by atoms with Gasteiger partial charge >= 0.3 is 5.97 Å². The first-order valence-corrected chi connectivity index (χ1v) is 6.09.